The first-order valence-electron chi connectivity index (χ1n) is 3.94. The monoisotopic (exact) mass is 165 g/mol. The zero-order valence-electron chi connectivity index (χ0n) is 6.96. The van der Waals surface area contributed by atoms with Crippen LogP contribution in [0.2, 0.25) is 0 Å². The lowest BCUT2D eigenvalue weighted by Crippen LogP contribution is -2.05. The van der Waals surface area contributed by atoms with Gasteiger partial charge in [0.2, 0.25) is 6.79 Å². The van der Waals surface area contributed by atoms with Gasteiger partial charge in [-0.3, -0.25) is 0 Å². The summed E-state index contributed by atoms with van der Waals surface area (Å²) >= 11 is 0. The lowest BCUT2D eigenvalue weighted by molar-refractivity contribution is 0.173. The average molecular weight is 165 g/mol. The fourth-order valence-corrected chi connectivity index (χ4v) is 1.32. The minimum atomic E-state index is 0.343. The maximum absolute atomic E-state index is 5.32. The summed E-state index contributed by atoms with van der Waals surface area (Å²) in [6.07, 6.45) is 0. The third-order valence-corrected chi connectivity index (χ3v) is 1.85. The van der Waals surface area contributed by atoms with E-state index in [0.29, 0.717) is 6.79 Å². The van der Waals surface area contributed by atoms with E-state index in [9.17, 15) is 0 Å². The first kappa shape index (κ1) is 7.43. The Morgan fingerprint density at radius 3 is 3.17 bits per heavy atom. The Bertz CT molecular complexity index is 286. The molecule has 0 unspecified atom stereocenters. The van der Waals surface area contributed by atoms with Gasteiger partial charge in [-0.25, -0.2) is 0 Å². The van der Waals surface area contributed by atoms with Crippen molar-refractivity contribution in [1.82, 2.24) is 5.32 Å². The van der Waals surface area contributed by atoms with E-state index in [1.807, 2.05) is 25.2 Å². The van der Waals surface area contributed by atoms with Crippen LogP contribution >= 0.6 is 0 Å². The van der Waals surface area contributed by atoms with Crippen molar-refractivity contribution in [2.45, 2.75) is 6.54 Å². The van der Waals surface area contributed by atoms with Crippen molar-refractivity contribution in [2.24, 2.45) is 0 Å². The van der Waals surface area contributed by atoms with Gasteiger partial charge in [-0.1, -0.05) is 12.1 Å². The molecule has 12 heavy (non-hydrogen) atoms. The summed E-state index contributed by atoms with van der Waals surface area (Å²) < 4.78 is 10.6. The zero-order chi connectivity index (χ0) is 8.39. The molecule has 0 amide bonds. The summed E-state index contributed by atoms with van der Waals surface area (Å²) in [7, 11) is 1.91. The second kappa shape index (κ2) is 3.03. The molecule has 0 saturated heterocycles. The first-order chi connectivity index (χ1) is 5.92. The van der Waals surface area contributed by atoms with Gasteiger partial charge in [0, 0.05) is 12.1 Å². The molecule has 1 N–H and O–H groups in total. The molecule has 3 nitrogen and oxygen atoms in total. The Hall–Kier alpha value is -1.22. The highest BCUT2D eigenvalue weighted by molar-refractivity contribution is 5.47. The van der Waals surface area contributed by atoms with Crippen molar-refractivity contribution in [3.05, 3.63) is 23.8 Å². The molecule has 1 aliphatic heterocycles. The molecule has 64 valence electrons. The van der Waals surface area contributed by atoms with Gasteiger partial charge in [0.1, 0.15) is 0 Å². The van der Waals surface area contributed by atoms with Gasteiger partial charge in [0.25, 0.3) is 0 Å². The van der Waals surface area contributed by atoms with E-state index in [-0.39, 0.29) is 0 Å². The topological polar surface area (TPSA) is 30.5 Å². The number of benzene rings is 1. The highest BCUT2D eigenvalue weighted by Gasteiger charge is 2.15. The molecule has 0 atom stereocenters. The van der Waals surface area contributed by atoms with Crippen LogP contribution in [0.5, 0.6) is 11.5 Å². The number of nitrogens with one attached hydrogen (secondary N) is 1. The third-order valence-electron chi connectivity index (χ3n) is 1.85. The molecule has 0 saturated carbocycles. The summed E-state index contributed by atoms with van der Waals surface area (Å²) in [6, 6.07) is 5.92. The van der Waals surface area contributed by atoms with Gasteiger partial charge in [0.05, 0.1) is 0 Å². The van der Waals surface area contributed by atoms with Crippen molar-refractivity contribution in [1.29, 1.82) is 0 Å². The third kappa shape index (κ3) is 1.12. The average Bonchev–Trinajstić information content (AvgIpc) is 2.53. The molecule has 1 aliphatic rings. The highest BCUT2D eigenvalue weighted by Crippen LogP contribution is 2.34. The van der Waals surface area contributed by atoms with Crippen molar-refractivity contribution < 1.29 is 9.47 Å². The Labute approximate surface area is 71.3 Å². The quantitative estimate of drug-likeness (QED) is 0.712. The van der Waals surface area contributed by atoms with E-state index in [0.717, 1.165) is 23.6 Å². The van der Waals surface area contributed by atoms with Gasteiger partial charge in [-0.15, -0.1) is 0 Å². The standard InChI is InChI=1S/C9H11NO2/c1-10-5-7-3-2-4-8-9(7)12-6-11-8/h2-4,10H,5-6H2,1H3. The molecular weight excluding hydrogens is 154 g/mol. The lowest BCUT2D eigenvalue weighted by Gasteiger charge is -2.03. The molecule has 0 fully saturated rings. The van der Waals surface area contributed by atoms with E-state index < -0.39 is 0 Å². The molecule has 1 aromatic carbocycles. The normalized spacial score (nSPS) is 13.4. The second-order valence-electron chi connectivity index (χ2n) is 2.68. The predicted octanol–water partition coefficient (Wildman–Crippen LogP) is 1.13. The van der Waals surface area contributed by atoms with E-state index in [1.165, 1.54) is 0 Å². The summed E-state index contributed by atoms with van der Waals surface area (Å²) in [5.74, 6) is 1.73. The van der Waals surface area contributed by atoms with Crippen molar-refractivity contribution in [3.8, 4) is 11.5 Å². The van der Waals surface area contributed by atoms with Crippen molar-refractivity contribution >= 4 is 0 Å². The largest absolute Gasteiger partial charge is 0.454 e. The molecule has 0 aliphatic carbocycles. The zero-order valence-corrected chi connectivity index (χ0v) is 6.96. The Kier molecular flexibility index (Phi) is 1.87. The van der Waals surface area contributed by atoms with Crippen LogP contribution in [0.1, 0.15) is 5.56 Å². The number of rotatable bonds is 2. The minimum Gasteiger partial charge on any atom is -0.454 e. The Morgan fingerprint density at radius 1 is 1.42 bits per heavy atom. The number of hydrogen-bond donors (Lipinski definition) is 1. The van der Waals surface area contributed by atoms with Gasteiger partial charge >= 0.3 is 0 Å². The molecule has 2 rings (SSSR count). The van der Waals surface area contributed by atoms with Crippen LogP contribution in [-0.2, 0) is 6.54 Å². The van der Waals surface area contributed by atoms with Crippen LogP contribution in [0.25, 0.3) is 0 Å². The van der Waals surface area contributed by atoms with Gasteiger partial charge in [0.15, 0.2) is 11.5 Å². The Balaban J connectivity index is 2.36. The summed E-state index contributed by atoms with van der Waals surface area (Å²) in [4.78, 5) is 0. The van der Waals surface area contributed by atoms with Crippen LogP contribution in [0, 0.1) is 0 Å². The molecule has 1 aromatic rings. The molecule has 3 heteroatoms. The van der Waals surface area contributed by atoms with Crippen LogP contribution < -0.4 is 14.8 Å². The van der Waals surface area contributed by atoms with E-state index in [1.54, 1.807) is 0 Å². The van der Waals surface area contributed by atoms with Crippen LogP contribution in [0.4, 0.5) is 0 Å². The predicted molar refractivity (Wildman–Crippen MR) is 45.3 cm³/mol. The van der Waals surface area contributed by atoms with E-state index >= 15 is 0 Å². The van der Waals surface area contributed by atoms with Crippen LogP contribution in [0.3, 0.4) is 0 Å². The molecule has 0 spiro atoms. The summed E-state index contributed by atoms with van der Waals surface area (Å²) in [6.45, 7) is 1.16. The van der Waals surface area contributed by atoms with Crippen LogP contribution in [-0.4, -0.2) is 13.8 Å². The van der Waals surface area contributed by atoms with E-state index in [4.69, 9.17) is 9.47 Å². The van der Waals surface area contributed by atoms with Crippen LogP contribution in [0.15, 0.2) is 18.2 Å². The molecule has 0 bridgehead atoms. The van der Waals surface area contributed by atoms with E-state index in [2.05, 4.69) is 5.32 Å². The maximum atomic E-state index is 5.32. The Morgan fingerprint density at radius 2 is 2.33 bits per heavy atom. The first-order valence-corrected chi connectivity index (χ1v) is 3.94. The van der Waals surface area contributed by atoms with Crippen molar-refractivity contribution in [2.75, 3.05) is 13.8 Å². The number of hydrogen-bond acceptors (Lipinski definition) is 3. The van der Waals surface area contributed by atoms with Crippen molar-refractivity contribution in [3.63, 3.8) is 0 Å². The number of ether oxygens (including phenoxy) is 2. The SMILES string of the molecule is CNCc1cccc2c1OCO2. The number of fused-ring (bicyclic) bond motifs is 1. The summed E-state index contributed by atoms with van der Waals surface area (Å²) in [5.41, 5.74) is 1.15. The highest BCUT2D eigenvalue weighted by atomic mass is 16.7. The minimum absolute atomic E-state index is 0.343. The summed E-state index contributed by atoms with van der Waals surface area (Å²) in [5, 5.41) is 3.08. The fourth-order valence-electron chi connectivity index (χ4n) is 1.32. The van der Waals surface area contributed by atoms with Gasteiger partial charge in [-0.05, 0) is 13.1 Å². The smallest absolute Gasteiger partial charge is 0.231 e. The molecule has 1 heterocycles. The second-order valence-corrected chi connectivity index (χ2v) is 2.68. The number of para-hydroxylation sites is 1. The molecule has 0 aromatic heterocycles. The molecule has 0 radical (unpaired) electrons. The maximum Gasteiger partial charge on any atom is 0.231 e. The molecular formula is C9H11NO2. The van der Waals surface area contributed by atoms with Gasteiger partial charge in [-0.2, -0.15) is 0 Å². The lowest BCUT2D eigenvalue weighted by atomic mass is 10.2. The van der Waals surface area contributed by atoms with Gasteiger partial charge < -0.3 is 14.8 Å². The fraction of sp³-hybridized carbons (Fsp3) is 0.333.